The molecule has 140 valence electrons. The molecule has 1 aliphatic heterocycles. The fourth-order valence-corrected chi connectivity index (χ4v) is 3.46. The number of rotatable bonds is 6. The third-order valence-electron chi connectivity index (χ3n) is 4.85. The smallest absolute Gasteiger partial charge is 0.127 e. The monoisotopic (exact) mass is 364 g/mol. The Balaban J connectivity index is 1.65. The summed E-state index contributed by atoms with van der Waals surface area (Å²) in [6, 6.07) is 10.0. The summed E-state index contributed by atoms with van der Waals surface area (Å²) < 4.78 is 40.3. The van der Waals surface area contributed by atoms with Crippen molar-refractivity contribution in [3.8, 4) is 0 Å². The maximum Gasteiger partial charge on any atom is 0.127 e. The Kier molecular flexibility index (Phi) is 6.29. The van der Waals surface area contributed by atoms with E-state index in [2.05, 4.69) is 9.80 Å². The molecular weight excluding hydrogens is 341 g/mol. The van der Waals surface area contributed by atoms with E-state index >= 15 is 0 Å². The summed E-state index contributed by atoms with van der Waals surface area (Å²) >= 11 is 0. The zero-order valence-corrected chi connectivity index (χ0v) is 14.5. The van der Waals surface area contributed by atoms with Crippen LogP contribution in [-0.4, -0.2) is 47.2 Å². The maximum atomic E-state index is 13.9. The van der Waals surface area contributed by atoms with Gasteiger partial charge in [-0.05, 0) is 42.3 Å². The summed E-state index contributed by atoms with van der Waals surface area (Å²) in [5.74, 6) is -1.11. The number of aliphatic hydroxyl groups is 1. The molecule has 6 heteroatoms. The van der Waals surface area contributed by atoms with Gasteiger partial charge >= 0.3 is 0 Å². The second kappa shape index (κ2) is 8.66. The number of aliphatic hydroxyl groups excluding tert-OH is 1. The predicted octanol–water partition coefficient (Wildman–Crippen LogP) is 3.17. The molecule has 0 radical (unpaired) electrons. The first kappa shape index (κ1) is 18.9. The third kappa shape index (κ3) is 4.84. The van der Waals surface area contributed by atoms with Crippen LogP contribution in [0.25, 0.3) is 0 Å². The molecule has 3 rings (SSSR count). The molecule has 0 aromatic heterocycles. The van der Waals surface area contributed by atoms with Crippen molar-refractivity contribution >= 4 is 0 Å². The second-order valence-corrected chi connectivity index (χ2v) is 6.73. The Bertz CT molecular complexity index is 723. The average molecular weight is 364 g/mol. The summed E-state index contributed by atoms with van der Waals surface area (Å²) in [6.07, 6.45) is 0.601. The van der Waals surface area contributed by atoms with Crippen LogP contribution in [0.3, 0.4) is 0 Å². The van der Waals surface area contributed by atoms with E-state index in [9.17, 15) is 18.3 Å². The van der Waals surface area contributed by atoms with Gasteiger partial charge in [-0.3, -0.25) is 9.80 Å². The van der Waals surface area contributed by atoms with Crippen LogP contribution in [0.5, 0.6) is 0 Å². The van der Waals surface area contributed by atoms with E-state index in [1.165, 1.54) is 18.2 Å². The fourth-order valence-electron chi connectivity index (χ4n) is 3.46. The highest BCUT2D eigenvalue weighted by Crippen LogP contribution is 2.20. The molecular formula is C20H23F3N2O. The van der Waals surface area contributed by atoms with Crippen LogP contribution in [0.4, 0.5) is 13.2 Å². The van der Waals surface area contributed by atoms with E-state index < -0.39 is 11.6 Å². The Labute approximate surface area is 151 Å². The lowest BCUT2D eigenvalue weighted by atomic mass is 10.1. The molecule has 0 bridgehead atoms. The summed E-state index contributed by atoms with van der Waals surface area (Å²) in [7, 11) is 0. The van der Waals surface area contributed by atoms with Crippen molar-refractivity contribution in [3.05, 3.63) is 71.0 Å². The molecule has 3 nitrogen and oxygen atoms in total. The van der Waals surface area contributed by atoms with Crippen molar-refractivity contribution in [1.82, 2.24) is 9.80 Å². The molecule has 1 N–H and O–H groups in total. The first-order valence-corrected chi connectivity index (χ1v) is 8.81. The first-order chi connectivity index (χ1) is 12.5. The zero-order valence-electron chi connectivity index (χ0n) is 14.5. The van der Waals surface area contributed by atoms with Gasteiger partial charge in [-0.15, -0.1) is 0 Å². The van der Waals surface area contributed by atoms with Crippen LogP contribution < -0.4 is 0 Å². The van der Waals surface area contributed by atoms with Crippen LogP contribution >= 0.6 is 0 Å². The molecule has 1 atom stereocenters. The molecule has 1 saturated heterocycles. The van der Waals surface area contributed by atoms with Crippen LogP contribution in [0.2, 0.25) is 0 Å². The number of benzene rings is 2. The Hall–Kier alpha value is -1.89. The van der Waals surface area contributed by atoms with Crippen LogP contribution in [-0.2, 0) is 13.1 Å². The molecule has 2 aromatic carbocycles. The van der Waals surface area contributed by atoms with Gasteiger partial charge in [-0.1, -0.05) is 12.1 Å². The van der Waals surface area contributed by atoms with Crippen LogP contribution in [0.1, 0.15) is 17.5 Å². The normalized spacial score (nSPS) is 19.0. The minimum atomic E-state index is -0.441. The van der Waals surface area contributed by atoms with E-state index in [0.29, 0.717) is 31.6 Å². The van der Waals surface area contributed by atoms with Gasteiger partial charge in [0, 0.05) is 50.9 Å². The fraction of sp³-hybridized carbons (Fsp3) is 0.400. The minimum Gasteiger partial charge on any atom is -0.396 e. The lowest BCUT2D eigenvalue weighted by Gasteiger charge is -2.41. The van der Waals surface area contributed by atoms with E-state index in [1.54, 1.807) is 12.1 Å². The van der Waals surface area contributed by atoms with Gasteiger partial charge in [0.1, 0.15) is 17.5 Å². The molecule has 0 aliphatic carbocycles. The molecule has 1 heterocycles. The number of hydrogen-bond acceptors (Lipinski definition) is 3. The average Bonchev–Trinajstić information content (AvgIpc) is 2.62. The highest BCUT2D eigenvalue weighted by atomic mass is 19.1. The molecule has 26 heavy (non-hydrogen) atoms. The van der Waals surface area contributed by atoms with Crippen LogP contribution in [0.15, 0.2) is 42.5 Å². The van der Waals surface area contributed by atoms with Gasteiger partial charge in [0.15, 0.2) is 0 Å². The number of piperazine rings is 1. The van der Waals surface area contributed by atoms with Crippen molar-refractivity contribution in [2.75, 3.05) is 26.2 Å². The molecule has 2 aromatic rings. The summed E-state index contributed by atoms with van der Waals surface area (Å²) in [6.45, 7) is 3.21. The summed E-state index contributed by atoms with van der Waals surface area (Å²) in [5.41, 5.74) is 1.36. The predicted molar refractivity (Wildman–Crippen MR) is 93.9 cm³/mol. The number of hydrogen-bond donors (Lipinski definition) is 1. The molecule has 1 aliphatic rings. The summed E-state index contributed by atoms with van der Waals surface area (Å²) in [5, 5.41) is 9.39. The standard InChI is InChI=1S/C20H23F3N2O/c21-17-3-1-15(2-4-17)12-25-9-8-24(14-19(25)7-10-26)13-16-11-18(22)5-6-20(16)23/h1-6,11,19,26H,7-10,12-14H2/t19-/m1/s1. The largest absolute Gasteiger partial charge is 0.396 e. The first-order valence-electron chi connectivity index (χ1n) is 8.81. The van der Waals surface area contributed by atoms with E-state index in [0.717, 1.165) is 30.8 Å². The molecule has 0 spiro atoms. The highest BCUT2D eigenvalue weighted by molar-refractivity contribution is 5.19. The van der Waals surface area contributed by atoms with Gasteiger partial charge in [-0.2, -0.15) is 0 Å². The SMILES string of the molecule is OCC[C@@H]1CN(Cc2cc(F)ccc2F)CCN1Cc1ccc(F)cc1. The molecule has 0 saturated carbocycles. The lowest BCUT2D eigenvalue weighted by molar-refractivity contribution is 0.0494. The number of halogens is 3. The Morgan fingerprint density at radius 2 is 1.65 bits per heavy atom. The molecule has 0 unspecified atom stereocenters. The maximum absolute atomic E-state index is 13.9. The quantitative estimate of drug-likeness (QED) is 0.853. The van der Waals surface area contributed by atoms with Crippen molar-refractivity contribution in [2.24, 2.45) is 0 Å². The van der Waals surface area contributed by atoms with Gasteiger partial charge in [-0.25, -0.2) is 13.2 Å². The third-order valence-corrected chi connectivity index (χ3v) is 4.85. The number of nitrogens with zero attached hydrogens (tertiary/aromatic N) is 2. The van der Waals surface area contributed by atoms with Crippen molar-refractivity contribution in [1.29, 1.82) is 0 Å². The van der Waals surface area contributed by atoms with Crippen molar-refractivity contribution in [2.45, 2.75) is 25.6 Å². The van der Waals surface area contributed by atoms with Gasteiger partial charge in [0.2, 0.25) is 0 Å². The van der Waals surface area contributed by atoms with Crippen molar-refractivity contribution < 1.29 is 18.3 Å². The highest BCUT2D eigenvalue weighted by Gasteiger charge is 2.27. The zero-order chi connectivity index (χ0) is 18.5. The minimum absolute atomic E-state index is 0.0623. The van der Waals surface area contributed by atoms with Crippen molar-refractivity contribution in [3.63, 3.8) is 0 Å². The summed E-state index contributed by atoms with van der Waals surface area (Å²) in [4.78, 5) is 4.33. The van der Waals surface area contributed by atoms with Crippen LogP contribution in [0, 0.1) is 17.5 Å². The van der Waals surface area contributed by atoms with Gasteiger partial charge in [0.05, 0.1) is 0 Å². The topological polar surface area (TPSA) is 26.7 Å². The molecule has 1 fully saturated rings. The van der Waals surface area contributed by atoms with Gasteiger partial charge < -0.3 is 5.11 Å². The van der Waals surface area contributed by atoms with E-state index in [4.69, 9.17) is 0 Å². The van der Waals surface area contributed by atoms with Gasteiger partial charge in [0.25, 0.3) is 0 Å². The van der Waals surface area contributed by atoms with E-state index in [-0.39, 0.29) is 18.5 Å². The Morgan fingerprint density at radius 3 is 2.38 bits per heavy atom. The Morgan fingerprint density at radius 1 is 0.923 bits per heavy atom. The second-order valence-electron chi connectivity index (χ2n) is 6.73. The lowest BCUT2D eigenvalue weighted by Crippen LogP contribution is -2.52. The van der Waals surface area contributed by atoms with E-state index in [1.807, 2.05) is 0 Å². The molecule has 0 amide bonds.